The highest BCUT2D eigenvalue weighted by Gasteiger charge is 2.27. The van der Waals surface area contributed by atoms with Crippen molar-refractivity contribution in [1.29, 1.82) is 0 Å². The molecule has 0 amide bonds. The molecule has 0 bridgehead atoms. The molecule has 0 spiro atoms. The molecule has 2 rings (SSSR count). The molecule has 2 atom stereocenters. The fourth-order valence-corrected chi connectivity index (χ4v) is 2.50. The van der Waals surface area contributed by atoms with E-state index >= 15 is 0 Å². The van der Waals surface area contributed by atoms with Gasteiger partial charge in [0, 0.05) is 0 Å². The van der Waals surface area contributed by atoms with Crippen molar-refractivity contribution in [2.24, 2.45) is 10.4 Å². The second kappa shape index (κ2) is 7.59. The second-order valence-electron chi connectivity index (χ2n) is 5.29. The van der Waals surface area contributed by atoms with E-state index in [0.717, 1.165) is 24.0 Å². The van der Waals surface area contributed by atoms with E-state index in [-0.39, 0.29) is 0 Å². The summed E-state index contributed by atoms with van der Waals surface area (Å²) in [5, 5.41) is 6.32. The average molecular weight is 296 g/mol. The minimum Gasteiger partial charge on any atom is -0.150 e. The van der Waals surface area contributed by atoms with Crippen LogP contribution in [0.3, 0.4) is 0 Å². The van der Waals surface area contributed by atoms with Crippen molar-refractivity contribution in [3.05, 3.63) is 80.6 Å². The van der Waals surface area contributed by atoms with E-state index in [1.54, 1.807) is 0 Å². The van der Waals surface area contributed by atoms with Gasteiger partial charge in [0.2, 0.25) is 0 Å². The molecule has 4 heteroatoms. The van der Waals surface area contributed by atoms with Crippen molar-refractivity contribution in [1.82, 2.24) is 0 Å². The standard InChI is InChI=1S/C18H20N2O2/c1-3-13-5-9-15(10-6-13)17(19-21)18(20-22)16-11-7-14(4-2)8-12-16/h5-12,17-18H,3-4H2,1-2H3. The molecule has 22 heavy (non-hydrogen) atoms. The normalized spacial score (nSPS) is 13.4. The van der Waals surface area contributed by atoms with Crippen LogP contribution in [-0.4, -0.2) is 0 Å². The third kappa shape index (κ3) is 3.45. The molecule has 0 saturated carbocycles. The van der Waals surface area contributed by atoms with E-state index in [1.807, 2.05) is 48.5 Å². The smallest absolute Gasteiger partial charge is 0.147 e. The molecule has 2 aromatic rings. The minimum absolute atomic E-state index is 0.719. The van der Waals surface area contributed by atoms with Gasteiger partial charge in [0.1, 0.15) is 12.1 Å². The molecule has 0 aliphatic carbocycles. The summed E-state index contributed by atoms with van der Waals surface area (Å²) in [6.07, 6.45) is 1.85. The number of aryl methyl sites for hydroxylation is 2. The van der Waals surface area contributed by atoms with E-state index in [1.165, 1.54) is 11.1 Å². The third-order valence-corrected chi connectivity index (χ3v) is 3.99. The zero-order chi connectivity index (χ0) is 15.9. The number of hydrogen-bond donors (Lipinski definition) is 0. The van der Waals surface area contributed by atoms with Crippen LogP contribution in [0, 0.1) is 9.81 Å². The van der Waals surface area contributed by atoms with Gasteiger partial charge in [-0.05, 0) is 35.1 Å². The summed E-state index contributed by atoms with van der Waals surface area (Å²) in [5.74, 6) is 0. The maximum atomic E-state index is 11.3. The third-order valence-electron chi connectivity index (χ3n) is 3.99. The zero-order valence-electron chi connectivity index (χ0n) is 12.9. The van der Waals surface area contributed by atoms with E-state index in [9.17, 15) is 9.81 Å². The monoisotopic (exact) mass is 296 g/mol. The van der Waals surface area contributed by atoms with Gasteiger partial charge in [-0.1, -0.05) is 72.7 Å². The van der Waals surface area contributed by atoms with Crippen molar-refractivity contribution in [2.75, 3.05) is 0 Å². The summed E-state index contributed by atoms with van der Waals surface area (Å²) in [6, 6.07) is 13.6. The van der Waals surface area contributed by atoms with Gasteiger partial charge < -0.3 is 0 Å². The largest absolute Gasteiger partial charge is 0.150 e. The fraction of sp³-hybridized carbons (Fsp3) is 0.333. The van der Waals surface area contributed by atoms with Crippen molar-refractivity contribution < 1.29 is 0 Å². The highest BCUT2D eigenvalue weighted by molar-refractivity contribution is 5.31. The molecule has 0 aromatic heterocycles. The molecule has 0 heterocycles. The van der Waals surface area contributed by atoms with E-state index < -0.39 is 12.1 Å². The molecule has 2 unspecified atom stereocenters. The molecule has 0 radical (unpaired) electrons. The molecule has 2 aromatic carbocycles. The first kappa shape index (κ1) is 16.0. The average Bonchev–Trinajstić information content (AvgIpc) is 2.60. The van der Waals surface area contributed by atoms with Gasteiger partial charge in [0.15, 0.2) is 0 Å². The Morgan fingerprint density at radius 2 is 1.00 bits per heavy atom. The summed E-state index contributed by atoms with van der Waals surface area (Å²) < 4.78 is 0. The van der Waals surface area contributed by atoms with Crippen LogP contribution in [0.2, 0.25) is 0 Å². The predicted octanol–water partition coefficient (Wildman–Crippen LogP) is 5.13. The van der Waals surface area contributed by atoms with Gasteiger partial charge >= 0.3 is 0 Å². The Bertz CT molecular complexity index is 563. The number of benzene rings is 2. The lowest BCUT2D eigenvalue weighted by Crippen LogP contribution is -2.07. The minimum atomic E-state index is -0.795. The van der Waals surface area contributed by atoms with E-state index in [0.29, 0.717) is 0 Å². The predicted molar refractivity (Wildman–Crippen MR) is 88.7 cm³/mol. The van der Waals surface area contributed by atoms with Crippen molar-refractivity contribution in [3.63, 3.8) is 0 Å². The van der Waals surface area contributed by atoms with Crippen molar-refractivity contribution >= 4 is 0 Å². The van der Waals surface area contributed by atoms with E-state index in [4.69, 9.17) is 0 Å². The SMILES string of the molecule is CCc1ccc(C(N=O)C(N=O)c2ccc(CC)cc2)cc1. The number of nitroso groups, excluding NO2 is 2. The lowest BCUT2D eigenvalue weighted by Gasteiger charge is -2.16. The Morgan fingerprint density at radius 3 is 1.23 bits per heavy atom. The molecule has 0 fully saturated rings. The molecule has 0 aliphatic heterocycles. The zero-order valence-corrected chi connectivity index (χ0v) is 12.9. The van der Waals surface area contributed by atoms with Gasteiger partial charge in [-0.15, -0.1) is 0 Å². The first-order valence-electron chi connectivity index (χ1n) is 7.56. The fourth-order valence-electron chi connectivity index (χ4n) is 2.50. The Balaban J connectivity index is 2.32. The quantitative estimate of drug-likeness (QED) is 0.665. The van der Waals surface area contributed by atoms with Crippen LogP contribution in [0.5, 0.6) is 0 Å². The van der Waals surface area contributed by atoms with Crippen LogP contribution in [0.1, 0.15) is 48.2 Å². The second-order valence-corrected chi connectivity index (χ2v) is 5.29. The number of rotatable bonds is 7. The topological polar surface area (TPSA) is 58.9 Å². The lowest BCUT2D eigenvalue weighted by atomic mass is 9.93. The molecular weight excluding hydrogens is 276 g/mol. The molecule has 0 saturated heterocycles. The van der Waals surface area contributed by atoms with E-state index in [2.05, 4.69) is 24.2 Å². The van der Waals surface area contributed by atoms with Gasteiger partial charge in [0.25, 0.3) is 0 Å². The maximum Gasteiger partial charge on any atom is 0.147 e. The molecule has 0 aliphatic rings. The molecular formula is C18H20N2O2. The van der Waals surface area contributed by atoms with Crippen LogP contribution < -0.4 is 0 Å². The lowest BCUT2D eigenvalue weighted by molar-refractivity contribution is 0.571. The molecule has 114 valence electrons. The van der Waals surface area contributed by atoms with Crippen molar-refractivity contribution in [2.45, 2.75) is 38.8 Å². The van der Waals surface area contributed by atoms with Crippen LogP contribution in [0.15, 0.2) is 58.9 Å². The summed E-state index contributed by atoms with van der Waals surface area (Å²) in [5.41, 5.74) is 3.79. The Labute approximate surface area is 130 Å². The van der Waals surface area contributed by atoms with Crippen molar-refractivity contribution in [3.8, 4) is 0 Å². The number of nitrogens with zero attached hydrogens (tertiary/aromatic N) is 2. The Morgan fingerprint density at radius 1 is 0.682 bits per heavy atom. The maximum absolute atomic E-state index is 11.3. The summed E-state index contributed by atoms with van der Waals surface area (Å²) in [4.78, 5) is 22.6. The Hall–Kier alpha value is -2.36. The van der Waals surface area contributed by atoms with Gasteiger partial charge in [-0.3, -0.25) is 0 Å². The summed E-state index contributed by atoms with van der Waals surface area (Å²) >= 11 is 0. The highest BCUT2D eigenvalue weighted by atomic mass is 16.3. The molecule has 4 nitrogen and oxygen atoms in total. The van der Waals surface area contributed by atoms with Crippen LogP contribution in [0.4, 0.5) is 0 Å². The van der Waals surface area contributed by atoms with Gasteiger partial charge in [0.05, 0.1) is 0 Å². The highest BCUT2D eigenvalue weighted by Crippen LogP contribution is 2.35. The number of hydrogen-bond acceptors (Lipinski definition) is 4. The van der Waals surface area contributed by atoms with Crippen LogP contribution >= 0.6 is 0 Å². The summed E-state index contributed by atoms with van der Waals surface area (Å²) in [6.45, 7) is 4.13. The van der Waals surface area contributed by atoms with Crippen LogP contribution in [0.25, 0.3) is 0 Å². The van der Waals surface area contributed by atoms with Gasteiger partial charge in [-0.25, -0.2) is 0 Å². The van der Waals surface area contributed by atoms with Crippen LogP contribution in [-0.2, 0) is 12.8 Å². The molecule has 0 N–H and O–H groups in total. The Kier molecular flexibility index (Phi) is 5.53. The summed E-state index contributed by atoms with van der Waals surface area (Å²) in [7, 11) is 0. The first-order valence-corrected chi connectivity index (χ1v) is 7.56. The first-order chi connectivity index (χ1) is 10.7. The van der Waals surface area contributed by atoms with Gasteiger partial charge in [-0.2, -0.15) is 9.81 Å².